The number of amides is 1. The van der Waals surface area contributed by atoms with E-state index in [1.165, 1.54) is 25.9 Å². The normalized spacial score (nSPS) is 17.1. The minimum absolute atomic E-state index is 0.105. The lowest BCUT2D eigenvalue weighted by Crippen LogP contribution is -2.45. The van der Waals surface area contributed by atoms with Gasteiger partial charge in [0, 0.05) is 48.8 Å². The lowest BCUT2D eigenvalue weighted by atomic mass is 10.0. The summed E-state index contributed by atoms with van der Waals surface area (Å²) in [5.41, 5.74) is 8.52. The zero-order chi connectivity index (χ0) is 23.3. The third-order valence-electron chi connectivity index (χ3n) is 6.73. The molecule has 0 unspecified atom stereocenters. The Kier molecular flexibility index (Phi) is 6.67. The lowest BCUT2D eigenvalue weighted by Gasteiger charge is -2.36. The number of carbonyl (C=O) groups is 1. The van der Waals surface area contributed by atoms with Crippen molar-refractivity contribution in [2.45, 2.75) is 38.3 Å². The van der Waals surface area contributed by atoms with Crippen molar-refractivity contribution in [3.63, 3.8) is 0 Å². The van der Waals surface area contributed by atoms with Gasteiger partial charge >= 0.3 is 0 Å². The van der Waals surface area contributed by atoms with Crippen LogP contribution in [0, 0.1) is 0 Å². The Balaban J connectivity index is 1.22. The van der Waals surface area contributed by atoms with Crippen molar-refractivity contribution in [2.24, 2.45) is 0 Å². The Morgan fingerprint density at radius 1 is 0.971 bits per heavy atom. The second-order valence-corrected chi connectivity index (χ2v) is 8.90. The number of piperidine rings is 1. The number of likely N-dealkylation sites (tertiary alicyclic amines) is 2. The number of carbonyl (C=O) groups excluding carboxylic acids is 1. The van der Waals surface area contributed by atoms with Gasteiger partial charge in [-0.3, -0.25) is 4.79 Å². The molecule has 5 rings (SSSR count). The third-order valence-corrected chi connectivity index (χ3v) is 6.73. The molecule has 0 radical (unpaired) electrons. The Bertz CT molecular complexity index is 1110. The molecule has 176 valence electrons. The minimum Gasteiger partial charge on any atom is -0.482 e. The number of anilines is 1. The smallest absolute Gasteiger partial charge is 0.253 e. The van der Waals surface area contributed by atoms with Crippen LogP contribution in [0.25, 0.3) is 11.1 Å². The van der Waals surface area contributed by atoms with Gasteiger partial charge in [-0.2, -0.15) is 0 Å². The molecule has 0 aliphatic carbocycles. The van der Waals surface area contributed by atoms with Crippen LogP contribution >= 0.6 is 0 Å². The van der Waals surface area contributed by atoms with E-state index in [4.69, 9.17) is 10.5 Å². The van der Waals surface area contributed by atoms with Crippen LogP contribution in [0.2, 0.25) is 0 Å². The number of rotatable bonds is 6. The molecule has 2 N–H and O–H groups in total. The molecule has 2 aromatic heterocycles. The first-order valence-electron chi connectivity index (χ1n) is 12.0. The van der Waals surface area contributed by atoms with Crippen molar-refractivity contribution in [3.05, 3.63) is 66.4 Å². The van der Waals surface area contributed by atoms with Crippen molar-refractivity contribution in [1.29, 1.82) is 0 Å². The van der Waals surface area contributed by atoms with Crippen LogP contribution < -0.4 is 10.5 Å². The van der Waals surface area contributed by atoms with Crippen molar-refractivity contribution in [3.8, 4) is 16.9 Å². The number of nitrogen functional groups attached to an aromatic ring is 1. The van der Waals surface area contributed by atoms with E-state index >= 15 is 0 Å². The number of hydrogen-bond donors (Lipinski definition) is 1. The number of pyridine rings is 1. The fraction of sp³-hybridized carbons (Fsp3) is 0.385. The second kappa shape index (κ2) is 10.2. The van der Waals surface area contributed by atoms with Crippen molar-refractivity contribution in [2.75, 3.05) is 31.9 Å². The van der Waals surface area contributed by atoms with Gasteiger partial charge in [-0.15, -0.1) is 0 Å². The van der Waals surface area contributed by atoms with Gasteiger partial charge < -0.3 is 20.3 Å². The summed E-state index contributed by atoms with van der Waals surface area (Å²) in [4.78, 5) is 30.2. The first-order valence-corrected chi connectivity index (χ1v) is 12.0. The van der Waals surface area contributed by atoms with Crippen molar-refractivity contribution < 1.29 is 9.53 Å². The molecule has 8 nitrogen and oxygen atoms in total. The van der Waals surface area contributed by atoms with Gasteiger partial charge in [0.15, 0.2) is 17.4 Å². The number of hydrogen-bond acceptors (Lipinski definition) is 7. The monoisotopic (exact) mass is 458 g/mol. The van der Waals surface area contributed by atoms with Gasteiger partial charge in [0.05, 0.1) is 0 Å². The van der Waals surface area contributed by atoms with E-state index in [0.717, 1.165) is 37.1 Å². The van der Waals surface area contributed by atoms with E-state index in [-0.39, 0.29) is 12.5 Å². The summed E-state index contributed by atoms with van der Waals surface area (Å²) in [5, 5.41) is 0. The summed E-state index contributed by atoms with van der Waals surface area (Å²) in [6.07, 6.45) is 9.80. The summed E-state index contributed by atoms with van der Waals surface area (Å²) in [6.45, 7) is 4.29. The van der Waals surface area contributed by atoms with Crippen LogP contribution in [-0.4, -0.2) is 62.9 Å². The van der Waals surface area contributed by atoms with E-state index in [2.05, 4.69) is 19.9 Å². The van der Waals surface area contributed by atoms with E-state index in [9.17, 15) is 4.79 Å². The maximum atomic E-state index is 13.0. The van der Waals surface area contributed by atoms with Crippen LogP contribution in [0.1, 0.15) is 41.9 Å². The fourth-order valence-electron chi connectivity index (χ4n) is 4.80. The zero-order valence-corrected chi connectivity index (χ0v) is 19.3. The number of nitrogens with zero attached hydrogens (tertiary/aromatic N) is 5. The number of nitrogens with two attached hydrogens (primary N) is 1. The maximum absolute atomic E-state index is 13.0. The number of aromatic nitrogens is 3. The summed E-state index contributed by atoms with van der Waals surface area (Å²) in [7, 11) is 0. The van der Waals surface area contributed by atoms with E-state index in [1.807, 2.05) is 35.2 Å². The molecule has 2 aliphatic heterocycles. The molecular formula is C26H30N6O2. The maximum Gasteiger partial charge on any atom is 0.253 e. The molecule has 2 aliphatic rings. The van der Waals surface area contributed by atoms with Gasteiger partial charge in [-0.1, -0.05) is 12.1 Å². The van der Waals surface area contributed by atoms with Crippen LogP contribution in [-0.2, 0) is 6.61 Å². The average molecular weight is 459 g/mol. The van der Waals surface area contributed by atoms with Gasteiger partial charge in [0.2, 0.25) is 0 Å². The molecule has 8 heteroatoms. The Morgan fingerprint density at radius 2 is 1.68 bits per heavy atom. The predicted molar refractivity (Wildman–Crippen MR) is 130 cm³/mol. The van der Waals surface area contributed by atoms with Crippen molar-refractivity contribution in [1.82, 2.24) is 24.8 Å². The van der Waals surface area contributed by atoms with Gasteiger partial charge in [0.1, 0.15) is 6.61 Å². The highest BCUT2D eigenvalue weighted by molar-refractivity contribution is 5.94. The topological polar surface area (TPSA) is 97.5 Å². The molecule has 3 aromatic rings. The van der Waals surface area contributed by atoms with E-state index < -0.39 is 0 Å². The fourth-order valence-corrected chi connectivity index (χ4v) is 4.80. The second-order valence-electron chi connectivity index (χ2n) is 8.90. The van der Waals surface area contributed by atoms with Gasteiger partial charge in [-0.25, -0.2) is 15.0 Å². The molecule has 4 heterocycles. The predicted octanol–water partition coefficient (Wildman–Crippen LogP) is 3.40. The van der Waals surface area contributed by atoms with Gasteiger partial charge in [-0.05, 0) is 68.6 Å². The molecular weight excluding hydrogens is 428 g/mol. The highest BCUT2D eigenvalue weighted by atomic mass is 16.5. The first kappa shape index (κ1) is 22.3. The summed E-state index contributed by atoms with van der Waals surface area (Å²) >= 11 is 0. The Labute approximate surface area is 199 Å². The summed E-state index contributed by atoms with van der Waals surface area (Å²) in [6, 6.07) is 11.9. The van der Waals surface area contributed by atoms with E-state index in [0.29, 0.717) is 29.0 Å². The molecule has 0 saturated carbocycles. The quantitative estimate of drug-likeness (QED) is 0.605. The van der Waals surface area contributed by atoms with Crippen LogP contribution in [0.5, 0.6) is 5.75 Å². The Morgan fingerprint density at radius 3 is 2.38 bits per heavy atom. The largest absolute Gasteiger partial charge is 0.482 e. The SMILES string of the molecule is Nc1ncc(-c2ccc(C(=O)N3CCC(N4CCCC4)CC3)cc2)cc1OCc1ncccn1. The number of benzene rings is 1. The highest BCUT2D eigenvalue weighted by Crippen LogP contribution is 2.28. The molecule has 0 bridgehead atoms. The molecule has 1 amide bonds. The zero-order valence-electron chi connectivity index (χ0n) is 19.3. The van der Waals surface area contributed by atoms with Crippen LogP contribution in [0.4, 0.5) is 5.82 Å². The molecule has 34 heavy (non-hydrogen) atoms. The molecule has 0 atom stereocenters. The van der Waals surface area contributed by atoms with Crippen LogP contribution in [0.15, 0.2) is 55.0 Å². The molecule has 1 aromatic carbocycles. The minimum atomic E-state index is 0.105. The van der Waals surface area contributed by atoms with Crippen LogP contribution in [0.3, 0.4) is 0 Å². The molecule has 2 saturated heterocycles. The molecule has 0 spiro atoms. The Hall–Kier alpha value is -3.52. The average Bonchev–Trinajstić information content (AvgIpc) is 3.44. The molecule has 2 fully saturated rings. The third kappa shape index (κ3) is 5.02. The van der Waals surface area contributed by atoms with E-state index in [1.54, 1.807) is 24.7 Å². The standard InChI is InChI=1S/C26H30N6O2/c27-25-23(34-18-24-28-10-3-11-29-24)16-21(17-30-25)19-4-6-20(7-5-19)26(33)32-14-8-22(9-15-32)31-12-1-2-13-31/h3-7,10-11,16-17,22H,1-2,8-9,12-15,18H2,(H2,27,30). The number of ether oxygens (including phenoxy) is 1. The van der Waals surface area contributed by atoms with Gasteiger partial charge in [0.25, 0.3) is 5.91 Å². The summed E-state index contributed by atoms with van der Waals surface area (Å²) in [5.74, 6) is 1.46. The first-order chi connectivity index (χ1) is 16.7. The highest BCUT2D eigenvalue weighted by Gasteiger charge is 2.28. The van der Waals surface area contributed by atoms with Crippen molar-refractivity contribution >= 4 is 11.7 Å². The summed E-state index contributed by atoms with van der Waals surface area (Å²) < 4.78 is 5.80. The lowest BCUT2D eigenvalue weighted by molar-refractivity contribution is 0.0644.